The largest absolute Gasteiger partial charge is 0.444 e. The van der Waals surface area contributed by atoms with Gasteiger partial charge in [0.2, 0.25) is 5.89 Å². The number of benzene rings is 1. The van der Waals surface area contributed by atoms with Crippen LogP contribution in [0.25, 0.3) is 22.7 Å². The van der Waals surface area contributed by atoms with E-state index in [2.05, 4.69) is 9.97 Å². The molecule has 162 valence electrons. The van der Waals surface area contributed by atoms with Crippen LogP contribution in [0, 0.1) is 0 Å². The molecule has 1 aliphatic heterocycles. The molecule has 0 atom stereocenters. The SMILES string of the molecule is CC(C)(C)OC(=O)N1CCN(C(=O)c2cc(N)cc(-c3nc4ncccc4o3)c2)CC1. The number of piperazine rings is 1. The van der Waals surface area contributed by atoms with Gasteiger partial charge < -0.3 is 24.7 Å². The predicted octanol–water partition coefficient (Wildman–Crippen LogP) is 3.16. The first-order valence-electron chi connectivity index (χ1n) is 10.1. The summed E-state index contributed by atoms with van der Waals surface area (Å²) in [4.78, 5) is 37.2. The molecule has 0 radical (unpaired) electrons. The molecule has 3 heterocycles. The van der Waals surface area contributed by atoms with Crippen molar-refractivity contribution in [2.24, 2.45) is 0 Å². The molecule has 1 aliphatic rings. The molecule has 9 nitrogen and oxygen atoms in total. The van der Waals surface area contributed by atoms with Crippen molar-refractivity contribution in [2.45, 2.75) is 26.4 Å². The number of anilines is 1. The Labute approximate surface area is 179 Å². The van der Waals surface area contributed by atoms with Crippen molar-refractivity contribution in [3.8, 4) is 11.5 Å². The number of hydrogen-bond acceptors (Lipinski definition) is 7. The van der Waals surface area contributed by atoms with E-state index in [1.165, 1.54) is 0 Å². The van der Waals surface area contributed by atoms with Crippen LogP contribution in [-0.2, 0) is 4.74 Å². The highest BCUT2D eigenvalue weighted by atomic mass is 16.6. The number of ether oxygens (including phenoxy) is 1. The van der Waals surface area contributed by atoms with Crippen LogP contribution in [0.4, 0.5) is 10.5 Å². The molecule has 0 bridgehead atoms. The van der Waals surface area contributed by atoms with Crippen LogP contribution in [0.15, 0.2) is 40.9 Å². The average Bonchev–Trinajstić information content (AvgIpc) is 3.16. The first-order valence-corrected chi connectivity index (χ1v) is 10.1. The summed E-state index contributed by atoms with van der Waals surface area (Å²) in [6.45, 7) is 7.13. The summed E-state index contributed by atoms with van der Waals surface area (Å²) >= 11 is 0. The molecule has 0 unspecified atom stereocenters. The Balaban J connectivity index is 1.49. The zero-order valence-electron chi connectivity index (χ0n) is 17.8. The van der Waals surface area contributed by atoms with Gasteiger partial charge in [-0.2, -0.15) is 4.98 Å². The second-order valence-corrected chi connectivity index (χ2v) is 8.45. The summed E-state index contributed by atoms with van der Waals surface area (Å²) in [5.74, 6) is 0.191. The first kappa shape index (κ1) is 20.6. The van der Waals surface area contributed by atoms with Crippen molar-refractivity contribution in [1.29, 1.82) is 0 Å². The van der Waals surface area contributed by atoms with Gasteiger partial charge in [-0.25, -0.2) is 9.78 Å². The number of amides is 2. The third-order valence-electron chi connectivity index (χ3n) is 4.83. The molecule has 0 saturated carbocycles. The summed E-state index contributed by atoms with van der Waals surface area (Å²) < 4.78 is 11.2. The van der Waals surface area contributed by atoms with Gasteiger partial charge in [0.05, 0.1) is 0 Å². The van der Waals surface area contributed by atoms with Crippen LogP contribution in [0.1, 0.15) is 31.1 Å². The fourth-order valence-corrected chi connectivity index (χ4v) is 3.39. The highest BCUT2D eigenvalue weighted by Gasteiger charge is 2.28. The number of rotatable bonds is 2. The summed E-state index contributed by atoms with van der Waals surface area (Å²) in [5.41, 5.74) is 8.03. The van der Waals surface area contributed by atoms with E-state index in [0.29, 0.717) is 60.1 Å². The van der Waals surface area contributed by atoms with Gasteiger partial charge in [0.15, 0.2) is 11.2 Å². The Morgan fingerprint density at radius 3 is 2.48 bits per heavy atom. The lowest BCUT2D eigenvalue weighted by Gasteiger charge is -2.35. The maximum Gasteiger partial charge on any atom is 0.410 e. The van der Waals surface area contributed by atoms with Gasteiger partial charge in [0.1, 0.15) is 5.60 Å². The number of fused-ring (bicyclic) bond motifs is 1. The van der Waals surface area contributed by atoms with Crippen molar-refractivity contribution in [1.82, 2.24) is 19.8 Å². The zero-order chi connectivity index (χ0) is 22.2. The van der Waals surface area contributed by atoms with Gasteiger partial charge in [-0.3, -0.25) is 4.79 Å². The van der Waals surface area contributed by atoms with Gasteiger partial charge >= 0.3 is 6.09 Å². The molecule has 1 aromatic carbocycles. The predicted molar refractivity (Wildman–Crippen MR) is 115 cm³/mol. The number of nitrogens with two attached hydrogens (primary N) is 1. The van der Waals surface area contributed by atoms with Crippen molar-refractivity contribution in [3.63, 3.8) is 0 Å². The van der Waals surface area contributed by atoms with E-state index in [0.717, 1.165) is 0 Å². The van der Waals surface area contributed by atoms with Gasteiger partial charge in [0, 0.05) is 49.2 Å². The molecule has 2 amide bonds. The van der Waals surface area contributed by atoms with E-state index in [-0.39, 0.29) is 12.0 Å². The average molecular weight is 423 g/mol. The molecule has 4 rings (SSSR count). The highest BCUT2D eigenvalue weighted by molar-refractivity contribution is 5.96. The summed E-state index contributed by atoms with van der Waals surface area (Å²) in [6.07, 6.45) is 1.27. The van der Waals surface area contributed by atoms with Crippen molar-refractivity contribution in [2.75, 3.05) is 31.9 Å². The first-order chi connectivity index (χ1) is 14.7. The highest BCUT2D eigenvalue weighted by Crippen LogP contribution is 2.27. The Bertz CT molecular complexity index is 1090. The minimum Gasteiger partial charge on any atom is -0.444 e. The molecule has 0 aliphatic carbocycles. The summed E-state index contributed by atoms with van der Waals surface area (Å²) in [7, 11) is 0. The molecule has 2 aromatic heterocycles. The molecule has 1 saturated heterocycles. The number of nitrogen functional groups attached to an aromatic ring is 1. The Hall–Kier alpha value is -3.62. The van der Waals surface area contributed by atoms with Crippen molar-refractivity contribution < 1.29 is 18.7 Å². The maximum atomic E-state index is 13.1. The second-order valence-electron chi connectivity index (χ2n) is 8.45. The minimum atomic E-state index is -0.553. The Kier molecular flexibility index (Phi) is 5.26. The molecular formula is C22H25N5O4. The fourth-order valence-electron chi connectivity index (χ4n) is 3.39. The third-order valence-corrected chi connectivity index (χ3v) is 4.83. The van der Waals surface area contributed by atoms with E-state index >= 15 is 0 Å². The van der Waals surface area contributed by atoms with E-state index < -0.39 is 5.60 Å². The van der Waals surface area contributed by atoms with Crippen LogP contribution in [0.2, 0.25) is 0 Å². The quantitative estimate of drug-likeness (QED) is 0.630. The third kappa shape index (κ3) is 4.60. The Morgan fingerprint density at radius 2 is 1.81 bits per heavy atom. The minimum absolute atomic E-state index is 0.161. The number of aromatic nitrogens is 2. The van der Waals surface area contributed by atoms with Gasteiger partial charge in [-0.15, -0.1) is 0 Å². The number of pyridine rings is 1. The Morgan fingerprint density at radius 1 is 1.10 bits per heavy atom. The van der Waals surface area contributed by atoms with Crippen molar-refractivity contribution in [3.05, 3.63) is 42.1 Å². The second kappa shape index (κ2) is 7.90. The standard InChI is InChI=1S/C22H25N5O4/c1-22(2,3)31-21(29)27-9-7-26(8-10-27)20(28)15-11-14(12-16(23)13-15)19-25-18-17(30-19)5-4-6-24-18/h4-6,11-13H,7-10,23H2,1-3H3. The van der Waals surface area contributed by atoms with Crippen LogP contribution in [0.5, 0.6) is 0 Å². The van der Waals surface area contributed by atoms with Crippen LogP contribution >= 0.6 is 0 Å². The molecular weight excluding hydrogens is 398 g/mol. The van der Waals surface area contributed by atoms with E-state index in [1.54, 1.807) is 46.3 Å². The van der Waals surface area contributed by atoms with Crippen molar-refractivity contribution >= 4 is 28.9 Å². The number of carbonyl (C=O) groups is 2. The van der Waals surface area contributed by atoms with Crippen LogP contribution in [-0.4, -0.2) is 63.5 Å². The topological polar surface area (TPSA) is 115 Å². The van der Waals surface area contributed by atoms with Crippen LogP contribution in [0.3, 0.4) is 0 Å². The van der Waals surface area contributed by atoms with Gasteiger partial charge in [-0.05, 0) is 51.1 Å². The summed E-state index contributed by atoms with van der Waals surface area (Å²) in [5, 5.41) is 0. The molecule has 2 N–H and O–H groups in total. The van der Waals surface area contributed by atoms with E-state index in [9.17, 15) is 9.59 Å². The maximum absolute atomic E-state index is 13.1. The molecule has 31 heavy (non-hydrogen) atoms. The van der Waals surface area contributed by atoms with Crippen LogP contribution < -0.4 is 5.73 Å². The van der Waals surface area contributed by atoms with Gasteiger partial charge in [0.25, 0.3) is 5.91 Å². The monoisotopic (exact) mass is 423 g/mol. The smallest absolute Gasteiger partial charge is 0.410 e. The lowest BCUT2D eigenvalue weighted by molar-refractivity contribution is 0.0141. The number of nitrogens with zero attached hydrogens (tertiary/aromatic N) is 4. The molecule has 0 spiro atoms. The fraction of sp³-hybridized carbons (Fsp3) is 0.364. The normalized spacial score (nSPS) is 14.7. The van der Waals surface area contributed by atoms with Gasteiger partial charge in [-0.1, -0.05) is 0 Å². The molecule has 9 heteroatoms. The van der Waals surface area contributed by atoms with E-state index in [1.807, 2.05) is 20.8 Å². The molecule has 3 aromatic rings. The number of oxazole rings is 1. The lowest BCUT2D eigenvalue weighted by Crippen LogP contribution is -2.51. The number of hydrogen-bond donors (Lipinski definition) is 1. The molecule has 1 fully saturated rings. The lowest BCUT2D eigenvalue weighted by atomic mass is 10.1. The number of carbonyl (C=O) groups excluding carboxylic acids is 2. The summed E-state index contributed by atoms with van der Waals surface area (Å²) in [6, 6.07) is 8.60. The van der Waals surface area contributed by atoms with E-state index in [4.69, 9.17) is 14.9 Å². The zero-order valence-corrected chi connectivity index (χ0v) is 17.8.